The number of hydrogen-bond acceptors (Lipinski definition) is 6. The molecule has 0 radical (unpaired) electrons. The van der Waals surface area contributed by atoms with Crippen molar-refractivity contribution in [3.05, 3.63) is 29.8 Å². The van der Waals surface area contributed by atoms with Gasteiger partial charge >= 0.3 is 0 Å². The van der Waals surface area contributed by atoms with E-state index in [4.69, 9.17) is 0 Å². The van der Waals surface area contributed by atoms with E-state index in [2.05, 4.69) is 10.0 Å². The van der Waals surface area contributed by atoms with Gasteiger partial charge in [0.2, 0.25) is 28.2 Å². The minimum absolute atomic E-state index is 0.170. The zero-order valence-corrected chi connectivity index (χ0v) is 24.1. The Morgan fingerprint density at radius 1 is 1.15 bits per heavy atom. The highest BCUT2D eigenvalue weighted by molar-refractivity contribution is 7.89. The average molecular weight is 587 g/mol. The zero-order valence-electron chi connectivity index (χ0n) is 23.2. The second-order valence-electron chi connectivity index (χ2n) is 11.9. The predicted octanol–water partition coefficient (Wildman–Crippen LogP) is 2.81. The molecule has 0 aromatic heterocycles. The van der Waals surface area contributed by atoms with Crippen molar-refractivity contribution in [2.45, 2.75) is 82.7 Å². The molecule has 0 bridgehead atoms. The van der Waals surface area contributed by atoms with Crippen LogP contribution in [0.1, 0.15) is 65.7 Å². The quantitative estimate of drug-likeness (QED) is 0.207. The van der Waals surface area contributed by atoms with Crippen LogP contribution >= 0.6 is 0 Å². The third-order valence-corrected chi connectivity index (χ3v) is 9.26. The van der Waals surface area contributed by atoms with Gasteiger partial charge in [-0.1, -0.05) is 46.5 Å². The topological polar surface area (TPSA) is 136 Å². The predicted molar refractivity (Wildman–Crippen MR) is 142 cm³/mol. The van der Waals surface area contributed by atoms with Crippen LogP contribution in [0.25, 0.3) is 0 Å². The van der Waals surface area contributed by atoms with Gasteiger partial charge in [-0.3, -0.25) is 19.6 Å². The van der Waals surface area contributed by atoms with Crippen LogP contribution in [0.4, 0.5) is 8.78 Å². The molecular weight excluding hydrogens is 546 g/mol. The number of benzene rings is 1. The molecule has 1 saturated carbocycles. The largest absolute Gasteiger partial charge is 0.344 e. The molecule has 1 heterocycles. The molecule has 2 aliphatic rings. The standard InChI is InChI=1S/C27H40F2N4O6S/c1-27(2,3)24(30-25(35)19(16-33(37)17-34)14-18-6-4-5-7-18)26(36)32-12-10-21(11-13-32)31-40(38,39)23-9-8-20(28)15-22(23)29/h8-9,15,17-19,21,24,31,37H,4-7,10-14,16H2,1-3H3,(H,30,35)/t19-,24-/m1/s1. The minimum Gasteiger partial charge on any atom is -0.344 e. The van der Waals surface area contributed by atoms with Crippen LogP contribution in [0.15, 0.2) is 23.1 Å². The van der Waals surface area contributed by atoms with Gasteiger partial charge in [-0.15, -0.1) is 0 Å². The van der Waals surface area contributed by atoms with Crippen molar-refractivity contribution in [3.63, 3.8) is 0 Å². The fourth-order valence-corrected chi connectivity index (χ4v) is 6.83. The summed E-state index contributed by atoms with van der Waals surface area (Å²) in [5, 5.41) is 13.1. The zero-order chi connectivity index (χ0) is 29.7. The van der Waals surface area contributed by atoms with E-state index in [1.807, 2.05) is 20.8 Å². The SMILES string of the molecule is CC(C)(C)[C@H](NC(=O)[C@H](CC1CCCC1)CN(O)C=O)C(=O)N1CCC(NS(=O)(=O)c2ccc(F)cc2F)CC1. The Balaban J connectivity index is 1.64. The molecule has 40 heavy (non-hydrogen) atoms. The molecule has 1 aromatic carbocycles. The average Bonchev–Trinajstić information content (AvgIpc) is 3.38. The Labute approximate surface area is 234 Å². The Morgan fingerprint density at radius 2 is 1.77 bits per heavy atom. The highest BCUT2D eigenvalue weighted by Gasteiger charge is 2.39. The summed E-state index contributed by atoms with van der Waals surface area (Å²) >= 11 is 0. The molecule has 1 aliphatic heterocycles. The number of amides is 3. The number of halogens is 2. The highest BCUT2D eigenvalue weighted by atomic mass is 32.2. The first-order chi connectivity index (χ1) is 18.7. The van der Waals surface area contributed by atoms with Gasteiger partial charge in [-0.05, 0) is 42.7 Å². The second-order valence-corrected chi connectivity index (χ2v) is 13.6. The number of nitrogens with zero attached hydrogens (tertiary/aromatic N) is 2. The molecule has 10 nitrogen and oxygen atoms in total. The molecule has 1 aliphatic carbocycles. The van der Waals surface area contributed by atoms with E-state index in [1.54, 1.807) is 4.90 Å². The monoisotopic (exact) mass is 586 g/mol. The van der Waals surface area contributed by atoms with Gasteiger partial charge in [0, 0.05) is 25.2 Å². The number of rotatable bonds is 11. The summed E-state index contributed by atoms with van der Waals surface area (Å²) < 4.78 is 55.0. The van der Waals surface area contributed by atoms with Crippen LogP contribution in [0, 0.1) is 28.9 Å². The van der Waals surface area contributed by atoms with E-state index in [0.29, 0.717) is 23.5 Å². The van der Waals surface area contributed by atoms with Crippen molar-refractivity contribution >= 4 is 28.2 Å². The fourth-order valence-electron chi connectivity index (χ4n) is 5.47. The summed E-state index contributed by atoms with van der Waals surface area (Å²) in [5.41, 5.74) is -0.660. The van der Waals surface area contributed by atoms with Crippen molar-refractivity contribution in [3.8, 4) is 0 Å². The van der Waals surface area contributed by atoms with E-state index in [1.165, 1.54) is 0 Å². The summed E-state index contributed by atoms with van der Waals surface area (Å²) in [6.45, 7) is 5.72. The molecule has 224 valence electrons. The molecule has 2 fully saturated rings. The van der Waals surface area contributed by atoms with Gasteiger partial charge in [0.05, 0.1) is 12.5 Å². The lowest BCUT2D eigenvalue weighted by molar-refractivity contribution is -0.156. The molecular formula is C27H40F2N4O6S. The normalized spacial score (nSPS) is 18.8. The van der Waals surface area contributed by atoms with Crippen molar-refractivity contribution < 1.29 is 36.8 Å². The third kappa shape index (κ3) is 8.43. The molecule has 3 amide bonds. The van der Waals surface area contributed by atoms with E-state index < -0.39 is 55.9 Å². The van der Waals surface area contributed by atoms with E-state index in [9.17, 15) is 36.8 Å². The van der Waals surface area contributed by atoms with E-state index >= 15 is 0 Å². The van der Waals surface area contributed by atoms with Crippen LogP contribution < -0.4 is 10.0 Å². The Hall–Kier alpha value is -2.64. The molecule has 3 N–H and O–H groups in total. The third-order valence-electron chi connectivity index (χ3n) is 7.70. The van der Waals surface area contributed by atoms with Gasteiger partial charge < -0.3 is 10.2 Å². The Bertz CT molecular complexity index is 1160. The first-order valence-electron chi connectivity index (χ1n) is 13.7. The summed E-state index contributed by atoms with van der Waals surface area (Å²) in [6.07, 6.45) is 5.39. The number of piperidine rings is 1. The summed E-state index contributed by atoms with van der Waals surface area (Å²) in [6, 6.07) is 0.793. The molecule has 0 unspecified atom stereocenters. The lowest BCUT2D eigenvalue weighted by Crippen LogP contribution is -2.58. The van der Waals surface area contributed by atoms with Crippen molar-refractivity contribution in [2.75, 3.05) is 19.6 Å². The van der Waals surface area contributed by atoms with Crippen molar-refractivity contribution in [1.29, 1.82) is 0 Å². The summed E-state index contributed by atoms with van der Waals surface area (Å²) in [7, 11) is -4.23. The van der Waals surface area contributed by atoms with E-state index in [0.717, 1.165) is 37.8 Å². The summed E-state index contributed by atoms with van der Waals surface area (Å²) in [4.78, 5) is 38.9. The van der Waals surface area contributed by atoms with Crippen molar-refractivity contribution in [1.82, 2.24) is 20.0 Å². The Kier molecular flexibility index (Phi) is 10.6. The maximum Gasteiger partial charge on any atom is 0.245 e. The number of carbonyl (C=O) groups excluding carboxylic acids is 3. The second kappa shape index (κ2) is 13.3. The molecule has 2 atom stereocenters. The number of nitrogens with one attached hydrogen (secondary N) is 2. The van der Waals surface area contributed by atoms with Gasteiger partial charge in [-0.2, -0.15) is 0 Å². The smallest absolute Gasteiger partial charge is 0.245 e. The molecule has 13 heteroatoms. The first kappa shape index (κ1) is 31.9. The van der Waals surface area contributed by atoms with Crippen LogP contribution in [0.3, 0.4) is 0 Å². The van der Waals surface area contributed by atoms with Gasteiger partial charge in [-0.25, -0.2) is 27.0 Å². The van der Waals surface area contributed by atoms with Crippen LogP contribution in [-0.4, -0.2) is 73.5 Å². The first-order valence-corrected chi connectivity index (χ1v) is 15.2. The van der Waals surface area contributed by atoms with Gasteiger partial charge in [0.1, 0.15) is 22.6 Å². The number of hydrogen-bond donors (Lipinski definition) is 3. The maximum atomic E-state index is 14.1. The lowest BCUT2D eigenvalue weighted by atomic mass is 9.84. The Morgan fingerprint density at radius 3 is 2.33 bits per heavy atom. The number of likely N-dealkylation sites (tertiary alicyclic amines) is 1. The molecule has 0 spiro atoms. The molecule has 3 rings (SSSR count). The maximum absolute atomic E-state index is 14.1. The molecule has 1 saturated heterocycles. The lowest BCUT2D eigenvalue weighted by Gasteiger charge is -2.39. The minimum atomic E-state index is -4.23. The molecule has 1 aromatic rings. The van der Waals surface area contributed by atoms with Gasteiger partial charge in [0.15, 0.2) is 0 Å². The number of sulfonamides is 1. The fraction of sp³-hybridized carbons (Fsp3) is 0.667. The van der Waals surface area contributed by atoms with Crippen molar-refractivity contribution in [2.24, 2.45) is 17.3 Å². The van der Waals surface area contributed by atoms with Crippen LogP contribution in [-0.2, 0) is 24.4 Å². The highest BCUT2D eigenvalue weighted by Crippen LogP contribution is 2.31. The number of hydroxylamine groups is 2. The van der Waals surface area contributed by atoms with Crippen LogP contribution in [0.5, 0.6) is 0 Å². The van der Waals surface area contributed by atoms with Crippen LogP contribution in [0.2, 0.25) is 0 Å². The summed E-state index contributed by atoms with van der Waals surface area (Å²) in [5.74, 6) is -3.17. The number of carbonyl (C=O) groups is 3. The van der Waals surface area contributed by atoms with E-state index in [-0.39, 0.29) is 44.8 Å². The van der Waals surface area contributed by atoms with Gasteiger partial charge in [0.25, 0.3) is 0 Å².